The van der Waals surface area contributed by atoms with Gasteiger partial charge in [-0.2, -0.15) is 0 Å². The van der Waals surface area contributed by atoms with Gasteiger partial charge in [0, 0.05) is 25.0 Å². The summed E-state index contributed by atoms with van der Waals surface area (Å²) in [6.07, 6.45) is 3.58. The van der Waals surface area contributed by atoms with Crippen LogP contribution in [0.5, 0.6) is 0 Å². The lowest BCUT2D eigenvalue weighted by Crippen LogP contribution is -2.47. The quantitative estimate of drug-likeness (QED) is 0.716. The van der Waals surface area contributed by atoms with E-state index in [0.717, 1.165) is 26.3 Å². The van der Waals surface area contributed by atoms with E-state index < -0.39 is 0 Å². The summed E-state index contributed by atoms with van der Waals surface area (Å²) >= 11 is 0. The van der Waals surface area contributed by atoms with Crippen LogP contribution in [0.25, 0.3) is 0 Å². The monoisotopic (exact) mass is 199 g/mol. The lowest BCUT2D eigenvalue weighted by molar-refractivity contribution is -0.00961. The lowest BCUT2D eigenvalue weighted by Gasteiger charge is -2.36. The van der Waals surface area contributed by atoms with Crippen LogP contribution in [-0.4, -0.2) is 48.5 Å². The molecule has 2 aliphatic rings. The average Bonchev–Trinajstić information content (AvgIpc) is 2.67. The first-order valence-electron chi connectivity index (χ1n) is 5.79. The molecule has 3 heteroatoms. The van der Waals surface area contributed by atoms with E-state index in [1.807, 2.05) is 6.92 Å². The molecular weight excluding hydrogens is 178 g/mol. The fourth-order valence-corrected chi connectivity index (χ4v) is 2.89. The van der Waals surface area contributed by atoms with Gasteiger partial charge in [-0.15, -0.1) is 0 Å². The molecule has 0 aromatic rings. The van der Waals surface area contributed by atoms with Crippen molar-refractivity contribution in [3.05, 3.63) is 0 Å². The molecule has 3 nitrogen and oxygen atoms in total. The Bertz CT molecular complexity index is 178. The Hall–Kier alpha value is -0.120. The fourth-order valence-electron chi connectivity index (χ4n) is 2.89. The van der Waals surface area contributed by atoms with Crippen LogP contribution in [0, 0.1) is 5.92 Å². The van der Waals surface area contributed by atoms with Crippen LogP contribution in [-0.2, 0) is 4.74 Å². The smallest absolute Gasteiger partial charge is 0.0594 e. The molecule has 1 heterocycles. The van der Waals surface area contributed by atoms with Crippen molar-refractivity contribution in [2.24, 2.45) is 5.92 Å². The SMILES string of the molecule is C[C@@H](O)[C@H]1CCC[C@@H]1N1CCOCC1. The number of rotatable bonds is 2. The Morgan fingerprint density at radius 3 is 2.64 bits per heavy atom. The Morgan fingerprint density at radius 2 is 2.00 bits per heavy atom. The van der Waals surface area contributed by atoms with Gasteiger partial charge in [-0.3, -0.25) is 4.90 Å². The zero-order valence-corrected chi connectivity index (χ0v) is 8.98. The van der Waals surface area contributed by atoms with E-state index in [0.29, 0.717) is 12.0 Å². The molecule has 14 heavy (non-hydrogen) atoms. The maximum Gasteiger partial charge on any atom is 0.0594 e. The second kappa shape index (κ2) is 4.60. The minimum atomic E-state index is -0.148. The van der Waals surface area contributed by atoms with Gasteiger partial charge in [-0.05, 0) is 19.8 Å². The van der Waals surface area contributed by atoms with Gasteiger partial charge < -0.3 is 9.84 Å². The van der Waals surface area contributed by atoms with Gasteiger partial charge in [0.05, 0.1) is 19.3 Å². The third kappa shape index (κ3) is 2.10. The van der Waals surface area contributed by atoms with E-state index in [-0.39, 0.29) is 6.10 Å². The minimum Gasteiger partial charge on any atom is -0.393 e. The van der Waals surface area contributed by atoms with Crippen LogP contribution in [0.1, 0.15) is 26.2 Å². The molecule has 1 aliphatic heterocycles. The van der Waals surface area contributed by atoms with E-state index >= 15 is 0 Å². The molecule has 1 saturated carbocycles. The summed E-state index contributed by atoms with van der Waals surface area (Å²) in [6, 6.07) is 0.610. The Morgan fingerprint density at radius 1 is 1.29 bits per heavy atom. The van der Waals surface area contributed by atoms with Crippen molar-refractivity contribution in [3.8, 4) is 0 Å². The number of nitrogens with zero attached hydrogens (tertiary/aromatic N) is 1. The van der Waals surface area contributed by atoms with Crippen molar-refractivity contribution in [3.63, 3.8) is 0 Å². The maximum atomic E-state index is 9.70. The number of aliphatic hydroxyl groups excluding tert-OH is 1. The molecule has 2 fully saturated rings. The van der Waals surface area contributed by atoms with Crippen molar-refractivity contribution in [2.75, 3.05) is 26.3 Å². The van der Waals surface area contributed by atoms with Crippen molar-refractivity contribution in [2.45, 2.75) is 38.3 Å². The second-order valence-electron chi connectivity index (χ2n) is 4.55. The summed E-state index contributed by atoms with van der Waals surface area (Å²) in [5, 5.41) is 9.70. The van der Waals surface area contributed by atoms with Gasteiger partial charge in [0.2, 0.25) is 0 Å². The first kappa shape index (κ1) is 10.4. The van der Waals surface area contributed by atoms with Crippen molar-refractivity contribution in [1.29, 1.82) is 0 Å². The standard InChI is InChI=1S/C11H21NO2/c1-9(13)10-3-2-4-11(10)12-5-7-14-8-6-12/h9-11,13H,2-8H2,1H3/t9-,10-,11+/m1/s1. The highest BCUT2D eigenvalue weighted by atomic mass is 16.5. The Kier molecular flexibility index (Phi) is 3.42. The highest BCUT2D eigenvalue weighted by Crippen LogP contribution is 2.32. The molecule has 2 rings (SSSR count). The molecule has 0 spiro atoms. The van der Waals surface area contributed by atoms with Gasteiger partial charge in [0.1, 0.15) is 0 Å². The number of morpholine rings is 1. The van der Waals surface area contributed by atoms with E-state index in [1.54, 1.807) is 0 Å². The van der Waals surface area contributed by atoms with Gasteiger partial charge >= 0.3 is 0 Å². The van der Waals surface area contributed by atoms with Crippen LogP contribution >= 0.6 is 0 Å². The zero-order valence-electron chi connectivity index (χ0n) is 8.98. The molecular formula is C11H21NO2. The van der Waals surface area contributed by atoms with Crippen LogP contribution in [0.2, 0.25) is 0 Å². The van der Waals surface area contributed by atoms with Crippen LogP contribution in [0.3, 0.4) is 0 Å². The van der Waals surface area contributed by atoms with Gasteiger partial charge in [-0.25, -0.2) is 0 Å². The van der Waals surface area contributed by atoms with Crippen LogP contribution in [0.4, 0.5) is 0 Å². The fraction of sp³-hybridized carbons (Fsp3) is 1.00. The predicted molar refractivity (Wildman–Crippen MR) is 55.2 cm³/mol. The van der Waals surface area contributed by atoms with E-state index in [2.05, 4.69) is 4.90 Å². The normalized spacial score (nSPS) is 37.3. The molecule has 0 amide bonds. The number of aliphatic hydroxyl groups is 1. The summed E-state index contributed by atoms with van der Waals surface area (Å²) in [5.41, 5.74) is 0. The second-order valence-corrected chi connectivity index (χ2v) is 4.55. The molecule has 0 radical (unpaired) electrons. The highest BCUT2D eigenvalue weighted by molar-refractivity contribution is 4.88. The highest BCUT2D eigenvalue weighted by Gasteiger charge is 2.35. The molecule has 0 aromatic carbocycles. The van der Waals surface area contributed by atoms with Gasteiger partial charge in [-0.1, -0.05) is 6.42 Å². The third-order valence-corrected chi connectivity index (χ3v) is 3.67. The molecule has 0 unspecified atom stereocenters. The zero-order chi connectivity index (χ0) is 9.97. The summed E-state index contributed by atoms with van der Waals surface area (Å²) in [4.78, 5) is 2.51. The maximum absolute atomic E-state index is 9.70. The molecule has 3 atom stereocenters. The van der Waals surface area contributed by atoms with E-state index in [9.17, 15) is 5.11 Å². The first-order chi connectivity index (χ1) is 6.79. The van der Waals surface area contributed by atoms with E-state index in [4.69, 9.17) is 4.74 Å². The lowest BCUT2D eigenvalue weighted by atomic mass is 9.96. The molecule has 82 valence electrons. The third-order valence-electron chi connectivity index (χ3n) is 3.67. The predicted octanol–water partition coefficient (Wildman–Crippen LogP) is 0.868. The van der Waals surface area contributed by atoms with E-state index in [1.165, 1.54) is 19.3 Å². The molecule has 1 N–H and O–H groups in total. The molecule has 1 saturated heterocycles. The van der Waals surface area contributed by atoms with Gasteiger partial charge in [0.25, 0.3) is 0 Å². The number of ether oxygens (including phenoxy) is 1. The van der Waals surface area contributed by atoms with Crippen molar-refractivity contribution >= 4 is 0 Å². The summed E-state index contributed by atoms with van der Waals surface area (Å²) in [6.45, 7) is 5.76. The minimum absolute atomic E-state index is 0.148. The molecule has 0 bridgehead atoms. The average molecular weight is 199 g/mol. The van der Waals surface area contributed by atoms with Crippen LogP contribution in [0.15, 0.2) is 0 Å². The largest absolute Gasteiger partial charge is 0.393 e. The number of hydrogen-bond acceptors (Lipinski definition) is 3. The summed E-state index contributed by atoms with van der Waals surface area (Å²) in [7, 11) is 0. The topological polar surface area (TPSA) is 32.7 Å². The Balaban J connectivity index is 1.94. The van der Waals surface area contributed by atoms with Crippen LogP contribution < -0.4 is 0 Å². The molecule has 0 aromatic heterocycles. The summed E-state index contributed by atoms with van der Waals surface area (Å²) in [5.74, 6) is 0.494. The number of hydrogen-bond donors (Lipinski definition) is 1. The van der Waals surface area contributed by atoms with Gasteiger partial charge in [0.15, 0.2) is 0 Å². The van der Waals surface area contributed by atoms with Crippen molar-refractivity contribution in [1.82, 2.24) is 4.90 Å². The molecule has 1 aliphatic carbocycles. The first-order valence-corrected chi connectivity index (χ1v) is 5.79. The van der Waals surface area contributed by atoms with Crippen molar-refractivity contribution < 1.29 is 9.84 Å². The Labute approximate surface area is 86.0 Å². The summed E-state index contributed by atoms with van der Waals surface area (Å²) < 4.78 is 5.35.